The maximum absolute atomic E-state index is 12.2. The monoisotopic (exact) mass is 344 g/mol. The van der Waals surface area contributed by atoms with Crippen LogP contribution in [0.5, 0.6) is 11.5 Å². The fraction of sp³-hybridized carbons (Fsp3) is 0.222. The SMILES string of the molecule is COc1ccc(OC)c(NC(=O)C(=S)NCCc2ccccc2)c1. The standard InChI is InChI=1S/C18H20N2O3S/c1-22-14-8-9-16(23-2)15(12-14)20-17(21)18(24)19-11-10-13-6-4-3-5-7-13/h3-9,12H,10-11H2,1-2H3,(H,19,24)(H,20,21). The molecule has 0 fully saturated rings. The van der Waals surface area contributed by atoms with E-state index in [0.29, 0.717) is 23.7 Å². The number of methoxy groups -OCH3 is 2. The number of hydrogen-bond donors (Lipinski definition) is 2. The first-order chi connectivity index (χ1) is 11.6. The van der Waals surface area contributed by atoms with E-state index in [1.807, 2.05) is 30.3 Å². The van der Waals surface area contributed by atoms with E-state index in [-0.39, 0.29) is 10.9 Å². The molecule has 0 aliphatic heterocycles. The molecule has 24 heavy (non-hydrogen) atoms. The molecule has 6 heteroatoms. The number of benzene rings is 2. The molecular formula is C18H20N2O3S. The molecule has 2 aromatic rings. The zero-order chi connectivity index (χ0) is 17.4. The summed E-state index contributed by atoms with van der Waals surface area (Å²) in [6.45, 7) is 0.589. The van der Waals surface area contributed by atoms with Crippen LogP contribution in [0.1, 0.15) is 5.56 Å². The molecule has 0 saturated carbocycles. The lowest BCUT2D eigenvalue weighted by molar-refractivity contribution is -0.110. The maximum Gasteiger partial charge on any atom is 0.283 e. The topological polar surface area (TPSA) is 59.6 Å². The molecule has 0 saturated heterocycles. The lowest BCUT2D eigenvalue weighted by Gasteiger charge is -2.13. The van der Waals surface area contributed by atoms with Crippen molar-refractivity contribution in [1.82, 2.24) is 5.32 Å². The van der Waals surface area contributed by atoms with Crippen LogP contribution in [0, 0.1) is 0 Å². The summed E-state index contributed by atoms with van der Waals surface area (Å²) in [7, 11) is 3.09. The molecule has 0 aliphatic carbocycles. The van der Waals surface area contributed by atoms with E-state index in [4.69, 9.17) is 21.7 Å². The van der Waals surface area contributed by atoms with E-state index in [1.54, 1.807) is 25.3 Å². The van der Waals surface area contributed by atoms with Crippen LogP contribution in [0.4, 0.5) is 5.69 Å². The highest BCUT2D eigenvalue weighted by Gasteiger charge is 2.13. The van der Waals surface area contributed by atoms with Gasteiger partial charge in [-0.05, 0) is 24.1 Å². The zero-order valence-electron chi connectivity index (χ0n) is 13.7. The van der Waals surface area contributed by atoms with Crippen LogP contribution >= 0.6 is 12.2 Å². The van der Waals surface area contributed by atoms with Gasteiger partial charge in [-0.1, -0.05) is 42.5 Å². The van der Waals surface area contributed by atoms with Crippen molar-refractivity contribution < 1.29 is 14.3 Å². The van der Waals surface area contributed by atoms with E-state index < -0.39 is 0 Å². The summed E-state index contributed by atoms with van der Waals surface area (Å²) in [6, 6.07) is 15.2. The minimum absolute atomic E-state index is 0.135. The number of anilines is 1. The Morgan fingerprint density at radius 1 is 1.08 bits per heavy atom. The molecule has 0 aliphatic rings. The van der Waals surface area contributed by atoms with Gasteiger partial charge >= 0.3 is 0 Å². The Bertz CT molecular complexity index is 705. The zero-order valence-corrected chi connectivity index (χ0v) is 14.5. The first-order valence-electron chi connectivity index (χ1n) is 7.49. The largest absolute Gasteiger partial charge is 0.497 e. The number of hydrogen-bond acceptors (Lipinski definition) is 4. The lowest BCUT2D eigenvalue weighted by atomic mass is 10.1. The fourth-order valence-corrected chi connectivity index (χ4v) is 2.29. The van der Waals surface area contributed by atoms with Crippen molar-refractivity contribution in [2.45, 2.75) is 6.42 Å². The van der Waals surface area contributed by atoms with Crippen LogP contribution in [0.3, 0.4) is 0 Å². The van der Waals surface area contributed by atoms with Crippen LogP contribution < -0.4 is 20.1 Å². The number of amides is 1. The number of rotatable bonds is 6. The molecule has 2 rings (SSSR count). The molecule has 1 amide bonds. The highest BCUT2D eigenvalue weighted by molar-refractivity contribution is 7.82. The smallest absolute Gasteiger partial charge is 0.283 e. The third kappa shape index (κ3) is 4.96. The van der Waals surface area contributed by atoms with Gasteiger partial charge in [0.1, 0.15) is 11.5 Å². The molecule has 2 N–H and O–H groups in total. The maximum atomic E-state index is 12.2. The van der Waals surface area contributed by atoms with Gasteiger partial charge < -0.3 is 20.1 Å². The van der Waals surface area contributed by atoms with Crippen molar-refractivity contribution in [1.29, 1.82) is 0 Å². The molecule has 126 valence electrons. The van der Waals surface area contributed by atoms with Crippen LogP contribution in [0.2, 0.25) is 0 Å². The third-order valence-corrected chi connectivity index (χ3v) is 3.73. The third-order valence-electron chi connectivity index (χ3n) is 3.40. The number of carbonyl (C=O) groups excluding carboxylic acids is 1. The predicted octanol–water partition coefficient (Wildman–Crippen LogP) is 2.80. The normalized spacial score (nSPS) is 9.92. The van der Waals surface area contributed by atoms with Gasteiger partial charge in [0, 0.05) is 12.6 Å². The molecule has 5 nitrogen and oxygen atoms in total. The van der Waals surface area contributed by atoms with E-state index >= 15 is 0 Å². The van der Waals surface area contributed by atoms with E-state index in [1.165, 1.54) is 12.7 Å². The number of nitrogens with one attached hydrogen (secondary N) is 2. The molecule has 0 radical (unpaired) electrons. The van der Waals surface area contributed by atoms with Crippen molar-refractivity contribution in [3.63, 3.8) is 0 Å². The summed E-state index contributed by atoms with van der Waals surface area (Å²) in [5.74, 6) is 0.773. The van der Waals surface area contributed by atoms with E-state index in [9.17, 15) is 4.79 Å². The minimum atomic E-state index is -0.385. The highest BCUT2D eigenvalue weighted by atomic mass is 32.1. The second-order valence-electron chi connectivity index (χ2n) is 5.01. The van der Waals surface area contributed by atoms with Gasteiger partial charge in [-0.3, -0.25) is 4.79 Å². The van der Waals surface area contributed by atoms with Crippen molar-refractivity contribution in [2.24, 2.45) is 0 Å². The number of ether oxygens (including phenoxy) is 2. The first kappa shape index (κ1) is 17.7. The van der Waals surface area contributed by atoms with Gasteiger partial charge in [-0.15, -0.1) is 0 Å². The second-order valence-corrected chi connectivity index (χ2v) is 5.42. The van der Waals surface area contributed by atoms with Crippen molar-refractivity contribution in [2.75, 3.05) is 26.1 Å². The number of carbonyl (C=O) groups is 1. The summed E-state index contributed by atoms with van der Waals surface area (Å²) in [5, 5.41) is 5.70. The van der Waals surface area contributed by atoms with Gasteiger partial charge in [-0.2, -0.15) is 0 Å². The van der Waals surface area contributed by atoms with Crippen molar-refractivity contribution >= 4 is 28.8 Å². The molecule has 0 atom stereocenters. The Kier molecular flexibility index (Phi) is 6.57. The van der Waals surface area contributed by atoms with Gasteiger partial charge in [0.2, 0.25) is 0 Å². The van der Waals surface area contributed by atoms with Crippen LogP contribution in [0.15, 0.2) is 48.5 Å². The molecule has 0 spiro atoms. The van der Waals surface area contributed by atoms with Crippen LogP contribution in [0.25, 0.3) is 0 Å². The average Bonchev–Trinajstić information content (AvgIpc) is 2.62. The van der Waals surface area contributed by atoms with E-state index in [2.05, 4.69) is 10.6 Å². The van der Waals surface area contributed by atoms with E-state index in [0.717, 1.165) is 6.42 Å². The molecule has 0 heterocycles. The molecular weight excluding hydrogens is 324 g/mol. The highest BCUT2D eigenvalue weighted by Crippen LogP contribution is 2.28. The molecule has 0 unspecified atom stereocenters. The summed E-state index contributed by atoms with van der Waals surface area (Å²) in [5.41, 5.74) is 1.69. The number of thiocarbonyl (C=S) groups is 1. The van der Waals surface area contributed by atoms with Gasteiger partial charge in [-0.25, -0.2) is 0 Å². The first-order valence-corrected chi connectivity index (χ1v) is 7.90. The van der Waals surface area contributed by atoms with Crippen LogP contribution in [-0.4, -0.2) is 31.7 Å². The van der Waals surface area contributed by atoms with Gasteiger partial charge in [0.05, 0.1) is 19.9 Å². The summed E-state index contributed by atoms with van der Waals surface area (Å²) >= 11 is 5.14. The summed E-state index contributed by atoms with van der Waals surface area (Å²) in [4.78, 5) is 12.3. The average molecular weight is 344 g/mol. The molecule has 0 aromatic heterocycles. The van der Waals surface area contributed by atoms with Crippen LogP contribution in [-0.2, 0) is 11.2 Å². The second kappa shape index (κ2) is 8.88. The Labute approximate surface area is 147 Å². The molecule has 0 bridgehead atoms. The van der Waals surface area contributed by atoms with Crippen molar-refractivity contribution in [3.8, 4) is 11.5 Å². The lowest BCUT2D eigenvalue weighted by Crippen LogP contribution is -2.35. The minimum Gasteiger partial charge on any atom is -0.497 e. The van der Waals surface area contributed by atoms with Gasteiger partial charge in [0.15, 0.2) is 4.99 Å². The Hall–Kier alpha value is -2.60. The quantitative estimate of drug-likeness (QED) is 0.789. The fourth-order valence-electron chi connectivity index (χ4n) is 2.14. The Morgan fingerprint density at radius 3 is 2.50 bits per heavy atom. The Morgan fingerprint density at radius 2 is 1.83 bits per heavy atom. The van der Waals surface area contributed by atoms with Gasteiger partial charge in [0.25, 0.3) is 5.91 Å². The molecule has 2 aromatic carbocycles. The summed E-state index contributed by atoms with van der Waals surface area (Å²) < 4.78 is 10.4. The predicted molar refractivity (Wildman–Crippen MR) is 98.9 cm³/mol. The summed E-state index contributed by atoms with van der Waals surface area (Å²) in [6.07, 6.45) is 0.788. The van der Waals surface area contributed by atoms with Crippen molar-refractivity contribution in [3.05, 3.63) is 54.1 Å². The Balaban J connectivity index is 1.90.